The van der Waals surface area contributed by atoms with Gasteiger partial charge < -0.3 is 10.2 Å². The molecule has 5 heteroatoms. The third-order valence-corrected chi connectivity index (χ3v) is 4.14. The Bertz CT molecular complexity index is 374. The molecule has 0 aliphatic carbocycles. The summed E-state index contributed by atoms with van der Waals surface area (Å²) >= 11 is 7.17. The molecule has 0 bridgehead atoms. The fourth-order valence-electron chi connectivity index (χ4n) is 1.93. The molecule has 1 amide bonds. The highest BCUT2D eigenvalue weighted by Gasteiger charge is 2.23. The van der Waals surface area contributed by atoms with Gasteiger partial charge in [-0.05, 0) is 31.5 Å². The van der Waals surface area contributed by atoms with E-state index in [0.717, 1.165) is 30.8 Å². The van der Waals surface area contributed by atoms with Gasteiger partial charge in [-0.2, -0.15) is 0 Å². The summed E-state index contributed by atoms with van der Waals surface area (Å²) in [7, 11) is 1.87. The van der Waals surface area contributed by atoms with Crippen LogP contribution in [0, 0.1) is 0 Å². The number of thiophene rings is 1. The minimum absolute atomic E-state index is 0.0746. The Morgan fingerprint density at radius 2 is 2.44 bits per heavy atom. The first-order chi connectivity index (χ1) is 7.68. The maximum atomic E-state index is 12.1. The summed E-state index contributed by atoms with van der Waals surface area (Å²) in [4.78, 5) is 14.7. The van der Waals surface area contributed by atoms with E-state index in [2.05, 4.69) is 5.32 Å². The van der Waals surface area contributed by atoms with Gasteiger partial charge in [-0.15, -0.1) is 11.3 Å². The molecule has 1 aromatic rings. The van der Waals surface area contributed by atoms with E-state index in [9.17, 15) is 4.79 Å². The van der Waals surface area contributed by atoms with E-state index in [0.29, 0.717) is 10.4 Å². The van der Waals surface area contributed by atoms with Crippen LogP contribution in [-0.4, -0.2) is 37.0 Å². The predicted octanol–water partition coefficient (Wildman–Crippen LogP) is 2.23. The van der Waals surface area contributed by atoms with Gasteiger partial charge in [0.05, 0.1) is 9.21 Å². The quantitative estimate of drug-likeness (QED) is 0.882. The van der Waals surface area contributed by atoms with Gasteiger partial charge >= 0.3 is 0 Å². The molecule has 1 aromatic heterocycles. The summed E-state index contributed by atoms with van der Waals surface area (Å²) in [6.45, 7) is 1.95. The topological polar surface area (TPSA) is 32.3 Å². The van der Waals surface area contributed by atoms with Crippen molar-refractivity contribution in [2.24, 2.45) is 0 Å². The zero-order valence-corrected chi connectivity index (χ0v) is 10.8. The Labute approximate surface area is 104 Å². The van der Waals surface area contributed by atoms with Gasteiger partial charge in [0.1, 0.15) is 0 Å². The molecule has 16 heavy (non-hydrogen) atoms. The zero-order chi connectivity index (χ0) is 11.5. The van der Waals surface area contributed by atoms with Crippen molar-refractivity contribution in [1.29, 1.82) is 0 Å². The second-order valence-corrected chi connectivity index (χ2v) is 5.74. The van der Waals surface area contributed by atoms with Crippen LogP contribution in [0.15, 0.2) is 12.1 Å². The number of rotatable bonds is 2. The molecule has 1 aliphatic rings. The predicted molar refractivity (Wildman–Crippen MR) is 67.3 cm³/mol. The van der Waals surface area contributed by atoms with Gasteiger partial charge in [0.2, 0.25) is 0 Å². The van der Waals surface area contributed by atoms with Crippen molar-refractivity contribution in [3.8, 4) is 0 Å². The maximum absolute atomic E-state index is 12.1. The van der Waals surface area contributed by atoms with Gasteiger partial charge in [-0.3, -0.25) is 4.79 Å². The lowest BCUT2D eigenvalue weighted by Crippen LogP contribution is -2.46. The first kappa shape index (κ1) is 11.9. The molecule has 1 saturated heterocycles. The van der Waals surface area contributed by atoms with Crippen LogP contribution in [0.3, 0.4) is 0 Å². The number of piperidine rings is 1. The highest BCUT2D eigenvalue weighted by Crippen LogP contribution is 2.23. The van der Waals surface area contributed by atoms with Gasteiger partial charge in [-0.1, -0.05) is 11.6 Å². The molecule has 2 rings (SSSR count). The van der Waals surface area contributed by atoms with E-state index >= 15 is 0 Å². The number of hydrogen-bond acceptors (Lipinski definition) is 3. The van der Waals surface area contributed by atoms with E-state index in [1.54, 1.807) is 12.1 Å². The summed E-state index contributed by atoms with van der Waals surface area (Å²) in [6, 6.07) is 3.87. The first-order valence-corrected chi connectivity index (χ1v) is 6.61. The number of nitrogens with zero attached hydrogens (tertiary/aromatic N) is 1. The number of hydrogen-bond donors (Lipinski definition) is 1. The molecule has 0 saturated carbocycles. The summed E-state index contributed by atoms with van der Waals surface area (Å²) < 4.78 is 0.665. The van der Waals surface area contributed by atoms with Crippen LogP contribution >= 0.6 is 22.9 Å². The monoisotopic (exact) mass is 258 g/mol. The molecule has 1 unspecified atom stereocenters. The average Bonchev–Trinajstić information content (AvgIpc) is 2.75. The molecule has 1 fully saturated rings. The van der Waals surface area contributed by atoms with Crippen LogP contribution in [0.1, 0.15) is 22.5 Å². The second kappa shape index (κ2) is 5.17. The number of likely N-dealkylation sites (N-methyl/N-ethyl adjacent to an activating group) is 1. The highest BCUT2D eigenvalue weighted by atomic mass is 35.5. The number of carbonyl (C=O) groups excluding carboxylic acids is 1. The van der Waals surface area contributed by atoms with Crippen LogP contribution in [0.4, 0.5) is 0 Å². The van der Waals surface area contributed by atoms with E-state index in [1.807, 2.05) is 11.9 Å². The summed E-state index contributed by atoms with van der Waals surface area (Å²) in [5.41, 5.74) is 0. The highest BCUT2D eigenvalue weighted by molar-refractivity contribution is 7.17. The fraction of sp³-hybridized carbons (Fsp3) is 0.545. The molecule has 1 atom stereocenters. The SMILES string of the molecule is CN(C(=O)c1ccc(Cl)s1)C1CCCNC1. The van der Waals surface area contributed by atoms with E-state index in [-0.39, 0.29) is 5.91 Å². The number of halogens is 1. The Morgan fingerprint density at radius 1 is 1.62 bits per heavy atom. The van der Waals surface area contributed by atoms with Crippen molar-refractivity contribution in [1.82, 2.24) is 10.2 Å². The second-order valence-electron chi connectivity index (χ2n) is 4.02. The Morgan fingerprint density at radius 3 is 3.00 bits per heavy atom. The standard InChI is InChI=1S/C11H15ClN2OS/c1-14(8-3-2-6-13-7-8)11(15)9-4-5-10(12)16-9/h4-5,8,13H,2-3,6-7H2,1H3. The molecule has 1 N–H and O–H groups in total. The van der Waals surface area contributed by atoms with Gasteiger partial charge in [-0.25, -0.2) is 0 Å². The van der Waals surface area contributed by atoms with Gasteiger partial charge in [0, 0.05) is 19.6 Å². The van der Waals surface area contributed by atoms with Crippen molar-refractivity contribution in [2.75, 3.05) is 20.1 Å². The minimum Gasteiger partial charge on any atom is -0.337 e. The Hall–Kier alpha value is -0.580. The molecule has 0 spiro atoms. The average molecular weight is 259 g/mol. The summed E-state index contributed by atoms with van der Waals surface area (Å²) in [6.07, 6.45) is 2.21. The zero-order valence-electron chi connectivity index (χ0n) is 9.20. The van der Waals surface area contributed by atoms with Crippen molar-refractivity contribution >= 4 is 28.8 Å². The first-order valence-electron chi connectivity index (χ1n) is 5.41. The van der Waals surface area contributed by atoms with Crippen molar-refractivity contribution in [3.63, 3.8) is 0 Å². The Balaban J connectivity index is 2.03. The molecular formula is C11H15ClN2OS. The van der Waals surface area contributed by atoms with Crippen molar-refractivity contribution < 1.29 is 4.79 Å². The molecule has 2 heterocycles. The lowest BCUT2D eigenvalue weighted by Gasteiger charge is -2.31. The number of carbonyl (C=O) groups is 1. The number of amides is 1. The molecule has 1 aliphatic heterocycles. The summed E-state index contributed by atoms with van der Waals surface area (Å²) in [5, 5.41) is 3.31. The van der Waals surface area contributed by atoms with E-state index in [1.165, 1.54) is 11.3 Å². The van der Waals surface area contributed by atoms with Crippen molar-refractivity contribution in [2.45, 2.75) is 18.9 Å². The van der Waals surface area contributed by atoms with E-state index in [4.69, 9.17) is 11.6 Å². The molecule has 0 aromatic carbocycles. The van der Waals surface area contributed by atoms with Crippen molar-refractivity contribution in [3.05, 3.63) is 21.3 Å². The van der Waals surface area contributed by atoms with Crippen LogP contribution < -0.4 is 5.32 Å². The fourth-order valence-corrected chi connectivity index (χ4v) is 2.96. The largest absolute Gasteiger partial charge is 0.337 e. The number of nitrogens with one attached hydrogen (secondary N) is 1. The van der Waals surface area contributed by atoms with Crippen LogP contribution in [-0.2, 0) is 0 Å². The van der Waals surface area contributed by atoms with Gasteiger partial charge in [0.25, 0.3) is 5.91 Å². The smallest absolute Gasteiger partial charge is 0.264 e. The third-order valence-electron chi connectivity index (χ3n) is 2.92. The third kappa shape index (κ3) is 2.56. The normalized spacial score (nSPS) is 20.8. The lowest BCUT2D eigenvalue weighted by molar-refractivity contribution is 0.0713. The van der Waals surface area contributed by atoms with Crippen LogP contribution in [0.2, 0.25) is 4.34 Å². The van der Waals surface area contributed by atoms with Gasteiger partial charge in [0.15, 0.2) is 0 Å². The van der Waals surface area contributed by atoms with Crippen LogP contribution in [0.5, 0.6) is 0 Å². The van der Waals surface area contributed by atoms with E-state index < -0.39 is 0 Å². The molecular weight excluding hydrogens is 244 g/mol. The molecule has 3 nitrogen and oxygen atoms in total. The summed E-state index contributed by atoms with van der Waals surface area (Å²) in [5.74, 6) is 0.0746. The Kier molecular flexibility index (Phi) is 3.84. The molecule has 88 valence electrons. The molecule has 0 radical (unpaired) electrons. The maximum Gasteiger partial charge on any atom is 0.264 e. The minimum atomic E-state index is 0.0746. The van der Waals surface area contributed by atoms with Crippen LogP contribution in [0.25, 0.3) is 0 Å². The lowest BCUT2D eigenvalue weighted by atomic mass is 10.1.